The van der Waals surface area contributed by atoms with E-state index in [1.807, 2.05) is 0 Å². The zero-order valence-electron chi connectivity index (χ0n) is 13.8. The average Bonchev–Trinajstić information content (AvgIpc) is 2.45. The quantitative estimate of drug-likeness (QED) is 0.666. The van der Waals surface area contributed by atoms with Crippen molar-refractivity contribution in [3.63, 3.8) is 0 Å². The standard InChI is InChI=1S/C16H28N2O4/c1-11(14(20)17-10-16(2,3)15(21)22)18-13(19)9-12-7-5-4-6-8-12/h11-12H,4-10H2,1-3H3,(H,17,20)(H,18,19)(H,21,22). The first-order chi connectivity index (χ1) is 10.2. The Labute approximate surface area is 132 Å². The third-order valence-electron chi connectivity index (χ3n) is 4.25. The Bertz CT molecular complexity index is 414. The van der Waals surface area contributed by atoms with E-state index < -0.39 is 17.4 Å². The molecule has 0 bridgehead atoms. The summed E-state index contributed by atoms with van der Waals surface area (Å²) in [7, 11) is 0. The molecule has 1 atom stereocenters. The van der Waals surface area contributed by atoms with Gasteiger partial charge in [-0.25, -0.2) is 0 Å². The fourth-order valence-corrected chi connectivity index (χ4v) is 2.56. The Balaban J connectivity index is 2.33. The molecule has 1 unspecified atom stereocenters. The number of carboxylic acid groups (broad SMARTS) is 1. The molecule has 1 saturated carbocycles. The van der Waals surface area contributed by atoms with E-state index in [9.17, 15) is 14.4 Å². The number of hydrogen-bond acceptors (Lipinski definition) is 3. The van der Waals surface area contributed by atoms with Gasteiger partial charge in [-0.05, 0) is 39.5 Å². The smallest absolute Gasteiger partial charge is 0.310 e. The number of nitrogens with one attached hydrogen (secondary N) is 2. The van der Waals surface area contributed by atoms with Crippen LogP contribution >= 0.6 is 0 Å². The lowest BCUT2D eigenvalue weighted by atomic mass is 9.87. The molecule has 0 aliphatic heterocycles. The molecule has 1 fully saturated rings. The minimum absolute atomic E-state index is 0.0317. The molecule has 6 nitrogen and oxygen atoms in total. The second-order valence-electron chi connectivity index (χ2n) is 6.90. The zero-order chi connectivity index (χ0) is 16.8. The molecule has 1 aliphatic rings. The maximum absolute atomic E-state index is 12.0. The van der Waals surface area contributed by atoms with Crippen LogP contribution in [0.25, 0.3) is 0 Å². The molecule has 126 valence electrons. The number of rotatable bonds is 7. The summed E-state index contributed by atoms with van der Waals surface area (Å²) in [5.74, 6) is -1.00. The molecule has 1 rings (SSSR count). The fourth-order valence-electron chi connectivity index (χ4n) is 2.56. The maximum Gasteiger partial charge on any atom is 0.310 e. The molecule has 2 amide bonds. The fraction of sp³-hybridized carbons (Fsp3) is 0.812. The van der Waals surface area contributed by atoms with Crippen molar-refractivity contribution < 1.29 is 19.5 Å². The molecular weight excluding hydrogens is 284 g/mol. The lowest BCUT2D eigenvalue weighted by molar-refractivity contribution is -0.147. The highest BCUT2D eigenvalue weighted by atomic mass is 16.4. The highest BCUT2D eigenvalue weighted by molar-refractivity contribution is 5.87. The second-order valence-corrected chi connectivity index (χ2v) is 6.90. The van der Waals surface area contributed by atoms with E-state index in [1.54, 1.807) is 20.8 Å². The Kier molecular flexibility index (Phi) is 6.84. The molecular formula is C16H28N2O4. The van der Waals surface area contributed by atoms with Crippen LogP contribution in [0, 0.1) is 11.3 Å². The van der Waals surface area contributed by atoms with E-state index in [0.717, 1.165) is 12.8 Å². The Hall–Kier alpha value is -1.59. The van der Waals surface area contributed by atoms with E-state index in [-0.39, 0.29) is 18.4 Å². The van der Waals surface area contributed by atoms with E-state index in [2.05, 4.69) is 10.6 Å². The topological polar surface area (TPSA) is 95.5 Å². The monoisotopic (exact) mass is 312 g/mol. The molecule has 0 radical (unpaired) electrons. The van der Waals surface area contributed by atoms with Gasteiger partial charge in [0.25, 0.3) is 0 Å². The molecule has 0 aromatic heterocycles. The summed E-state index contributed by atoms with van der Waals surface area (Å²) < 4.78 is 0. The van der Waals surface area contributed by atoms with Crippen molar-refractivity contribution in [1.82, 2.24) is 10.6 Å². The van der Waals surface area contributed by atoms with Gasteiger partial charge < -0.3 is 15.7 Å². The van der Waals surface area contributed by atoms with Crippen molar-refractivity contribution in [1.29, 1.82) is 0 Å². The minimum Gasteiger partial charge on any atom is -0.481 e. The Morgan fingerprint density at radius 1 is 1.18 bits per heavy atom. The largest absolute Gasteiger partial charge is 0.481 e. The zero-order valence-corrected chi connectivity index (χ0v) is 13.8. The Morgan fingerprint density at radius 3 is 2.32 bits per heavy atom. The van der Waals surface area contributed by atoms with Gasteiger partial charge in [0.15, 0.2) is 0 Å². The van der Waals surface area contributed by atoms with Crippen molar-refractivity contribution in [3.05, 3.63) is 0 Å². The van der Waals surface area contributed by atoms with Gasteiger partial charge in [0, 0.05) is 13.0 Å². The van der Waals surface area contributed by atoms with Crippen LogP contribution in [-0.4, -0.2) is 35.5 Å². The highest BCUT2D eigenvalue weighted by Crippen LogP contribution is 2.26. The van der Waals surface area contributed by atoms with Gasteiger partial charge in [0.2, 0.25) is 11.8 Å². The number of aliphatic carboxylic acids is 1. The molecule has 0 saturated heterocycles. The van der Waals surface area contributed by atoms with Crippen LogP contribution in [0.2, 0.25) is 0 Å². The molecule has 0 aromatic carbocycles. The average molecular weight is 312 g/mol. The van der Waals surface area contributed by atoms with Crippen LogP contribution in [0.5, 0.6) is 0 Å². The normalized spacial score (nSPS) is 17.6. The van der Waals surface area contributed by atoms with Crippen LogP contribution in [0.15, 0.2) is 0 Å². The second kappa shape index (κ2) is 8.15. The van der Waals surface area contributed by atoms with Crippen LogP contribution in [-0.2, 0) is 14.4 Å². The van der Waals surface area contributed by atoms with Crippen LogP contribution < -0.4 is 10.6 Å². The molecule has 0 heterocycles. The van der Waals surface area contributed by atoms with Crippen LogP contribution in [0.4, 0.5) is 0 Å². The van der Waals surface area contributed by atoms with Gasteiger partial charge in [-0.15, -0.1) is 0 Å². The third kappa shape index (κ3) is 6.03. The lowest BCUT2D eigenvalue weighted by Gasteiger charge is -2.23. The number of carbonyl (C=O) groups is 3. The number of carboxylic acids is 1. The van der Waals surface area contributed by atoms with Crippen molar-refractivity contribution in [2.24, 2.45) is 11.3 Å². The van der Waals surface area contributed by atoms with Crippen molar-refractivity contribution in [3.8, 4) is 0 Å². The summed E-state index contributed by atoms with van der Waals surface area (Å²) in [5, 5.41) is 14.3. The van der Waals surface area contributed by atoms with E-state index in [0.29, 0.717) is 12.3 Å². The van der Waals surface area contributed by atoms with Gasteiger partial charge in [-0.2, -0.15) is 0 Å². The first kappa shape index (κ1) is 18.5. The molecule has 3 N–H and O–H groups in total. The van der Waals surface area contributed by atoms with Gasteiger partial charge in [0.1, 0.15) is 6.04 Å². The summed E-state index contributed by atoms with van der Waals surface area (Å²) in [6.45, 7) is 4.73. The lowest BCUT2D eigenvalue weighted by Crippen LogP contribution is -2.48. The third-order valence-corrected chi connectivity index (χ3v) is 4.25. The van der Waals surface area contributed by atoms with E-state index >= 15 is 0 Å². The first-order valence-corrected chi connectivity index (χ1v) is 8.03. The van der Waals surface area contributed by atoms with Gasteiger partial charge in [-0.3, -0.25) is 14.4 Å². The number of hydrogen-bond donors (Lipinski definition) is 3. The summed E-state index contributed by atoms with van der Waals surface area (Å²) in [6, 6.07) is -0.652. The van der Waals surface area contributed by atoms with E-state index in [1.165, 1.54) is 19.3 Å². The van der Waals surface area contributed by atoms with Gasteiger partial charge in [-0.1, -0.05) is 19.3 Å². The summed E-state index contributed by atoms with van der Waals surface area (Å²) in [4.78, 5) is 34.9. The summed E-state index contributed by atoms with van der Waals surface area (Å²) in [6.07, 6.45) is 6.24. The minimum atomic E-state index is -1.03. The molecule has 0 spiro atoms. The molecule has 0 aromatic rings. The van der Waals surface area contributed by atoms with E-state index in [4.69, 9.17) is 5.11 Å². The van der Waals surface area contributed by atoms with Gasteiger partial charge >= 0.3 is 5.97 Å². The van der Waals surface area contributed by atoms with Crippen molar-refractivity contribution in [2.75, 3.05) is 6.54 Å². The highest BCUT2D eigenvalue weighted by Gasteiger charge is 2.28. The molecule has 1 aliphatic carbocycles. The van der Waals surface area contributed by atoms with Crippen LogP contribution in [0.1, 0.15) is 59.3 Å². The summed E-state index contributed by atoms with van der Waals surface area (Å²) >= 11 is 0. The Morgan fingerprint density at radius 2 is 1.77 bits per heavy atom. The number of carbonyl (C=O) groups excluding carboxylic acids is 2. The summed E-state index contributed by atoms with van der Waals surface area (Å²) in [5.41, 5.74) is -1.03. The van der Waals surface area contributed by atoms with Crippen molar-refractivity contribution in [2.45, 2.75) is 65.3 Å². The van der Waals surface area contributed by atoms with Crippen molar-refractivity contribution >= 4 is 17.8 Å². The predicted molar refractivity (Wildman–Crippen MR) is 83.2 cm³/mol. The number of amides is 2. The maximum atomic E-state index is 12.0. The van der Waals surface area contributed by atoms with Crippen LogP contribution in [0.3, 0.4) is 0 Å². The molecule has 6 heteroatoms. The van der Waals surface area contributed by atoms with Gasteiger partial charge in [0.05, 0.1) is 5.41 Å². The first-order valence-electron chi connectivity index (χ1n) is 8.03. The predicted octanol–water partition coefficient (Wildman–Crippen LogP) is 1.69. The SMILES string of the molecule is CC(NC(=O)CC1CCCCC1)C(=O)NCC(C)(C)C(=O)O. The molecule has 22 heavy (non-hydrogen) atoms.